The van der Waals surface area contributed by atoms with Gasteiger partial charge in [-0.15, -0.1) is 0 Å². The Balaban J connectivity index is 1.78. The van der Waals surface area contributed by atoms with Gasteiger partial charge in [-0.25, -0.2) is 0 Å². The van der Waals surface area contributed by atoms with Gasteiger partial charge in [0.15, 0.2) is 0 Å². The maximum absolute atomic E-state index is 12.5. The minimum atomic E-state index is -0.264. The Bertz CT molecular complexity index is 803. The molecule has 2 aromatic carbocycles. The minimum Gasteiger partial charge on any atom is -0.457 e. The fraction of sp³-hybridized carbons (Fsp3) is 0.200. The van der Waals surface area contributed by atoms with Crippen molar-refractivity contribution >= 4 is 12.0 Å². The Kier molecular flexibility index (Phi) is 5.45. The largest absolute Gasteiger partial charge is 0.457 e. The van der Waals surface area contributed by atoms with E-state index < -0.39 is 0 Å². The monoisotopic (exact) mass is 334 g/mol. The first-order valence-electron chi connectivity index (χ1n) is 8.08. The van der Waals surface area contributed by atoms with Crippen LogP contribution in [-0.2, 0) is 9.53 Å². The van der Waals surface area contributed by atoms with Gasteiger partial charge in [0.2, 0.25) is 0 Å². The van der Waals surface area contributed by atoms with E-state index in [9.17, 15) is 10.1 Å². The smallest absolute Gasteiger partial charge is 0.264 e. The maximum Gasteiger partial charge on any atom is 0.264 e. The average molecular weight is 334 g/mol. The molecule has 5 heteroatoms. The minimum absolute atomic E-state index is 0.110. The van der Waals surface area contributed by atoms with Gasteiger partial charge in [0.1, 0.15) is 23.1 Å². The van der Waals surface area contributed by atoms with Crippen LogP contribution >= 0.6 is 0 Å². The Labute approximate surface area is 146 Å². The molecule has 5 nitrogen and oxygen atoms in total. The van der Waals surface area contributed by atoms with Crippen LogP contribution in [0.5, 0.6) is 11.5 Å². The van der Waals surface area contributed by atoms with Crippen LogP contribution in [0.15, 0.2) is 60.2 Å². The van der Waals surface area contributed by atoms with Crippen LogP contribution < -0.4 is 4.74 Å². The van der Waals surface area contributed by atoms with Crippen LogP contribution in [0.3, 0.4) is 0 Å². The predicted octanol–water partition coefficient (Wildman–Crippen LogP) is 3.24. The lowest BCUT2D eigenvalue weighted by molar-refractivity contribution is -0.130. The summed E-state index contributed by atoms with van der Waals surface area (Å²) >= 11 is 0. The first kappa shape index (κ1) is 16.7. The van der Waals surface area contributed by atoms with Crippen molar-refractivity contribution in [1.82, 2.24) is 4.90 Å². The zero-order valence-corrected chi connectivity index (χ0v) is 13.7. The second kappa shape index (κ2) is 8.13. The number of hydrogen-bond donors (Lipinski definition) is 0. The molecule has 1 aliphatic rings. The summed E-state index contributed by atoms with van der Waals surface area (Å²) in [5.41, 5.74) is 0.852. The first-order chi connectivity index (χ1) is 12.3. The SMILES string of the molecule is N#CC(=Cc1cccc(Oc2ccccc2)c1)C(=O)N1CCOCC1. The number of rotatable bonds is 4. The topological polar surface area (TPSA) is 62.6 Å². The second-order valence-electron chi connectivity index (χ2n) is 5.56. The van der Waals surface area contributed by atoms with E-state index in [0.717, 1.165) is 11.3 Å². The molecule has 1 fully saturated rings. The molecule has 1 aliphatic heterocycles. The van der Waals surface area contributed by atoms with Crippen LogP contribution in [0.1, 0.15) is 5.56 Å². The molecule has 0 aromatic heterocycles. The molecule has 1 saturated heterocycles. The van der Waals surface area contributed by atoms with Crippen LogP contribution in [0.2, 0.25) is 0 Å². The van der Waals surface area contributed by atoms with Crippen molar-refractivity contribution in [1.29, 1.82) is 5.26 Å². The maximum atomic E-state index is 12.5. The normalized spacial score (nSPS) is 14.7. The lowest BCUT2D eigenvalue weighted by atomic mass is 10.1. The van der Waals surface area contributed by atoms with Gasteiger partial charge in [0.05, 0.1) is 13.2 Å². The van der Waals surface area contributed by atoms with Crippen LogP contribution in [0.4, 0.5) is 0 Å². The van der Waals surface area contributed by atoms with Crippen molar-refractivity contribution in [3.05, 3.63) is 65.7 Å². The number of benzene rings is 2. The number of carbonyl (C=O) groups is 1. The van der Waals surface area contributed by atoms with E-state index in [4.69, 9.17) is 9.47 Å². The molecule has 126 valence electrons. The molecule has 0 bridgehead atoms. The summed E-state index contributed by atoms with van der Waals surface area (Å²) in [5.74, 6) is 1.12. The van der Waals surface area contributed by atoms with E-state index in [-0.39, 0.29) is 11.5 Å². The van der Waals surface area contributed by atoms with E-state index in [0.29, 0.717) is 32.1 Å². The number of nitrogens with zero attached hydrogens (tertiary/aromatic N) is 2. The highest BCUT2D eigenvalue weighted by Gasteiger charge is 2.20. The van der Waals surface area contributed by atoms with E-state index in [2.05, 4.69) is 0 Å². The lowest BCUT2D eigenvalue weighted by Gasteiger charge is -2.26. The third kappa shape index (κ3) is 4.46. The number of hydrogen-bond acceptors (Lipinski definition) is 4. The van der Waals surface area contributed by atoms with Gasteiger partial charge in [-0.3, -0.25) is 4.79 Å². The van der Waals surface area contributed by atoms with Gasteiger partial charge in [-0.05, 0) is 35.9 Å². The summed E-state index contributed by atoms with van der Waals surface area (Å²) in [6.07, 6.45) is 1.59. The Morgan fingerprint density at radius 2 is 1.80 bits per heavy atom. The van der Waals surface area contributed by atoms with Crippen LogP contribution in [-0.4, -0.2) is 37.1 Å². The third-order valence-corrected chi connectivity index (χ3v) is 3.80. The van der Waals surface area contributed by atoms with Gasteiger partial charge in [-0.1, -0.05) is 30.3 Å². The van der Waals surface area contributed by atoms with Gasteiger partial charge in [-0.2, -0.15) is 5.26 Å². The van der Waals surface area contributed by atoms with E-state index in [1.165, 1.54) is 0 Å². The molecule has 25 heavy (non-hydrogen) atoms. The van der Waals surface area contributed by atoms with Crippen molar-refractivity contribution < 1.29 is 14.3 Å². The fourth-order valence-electron chi connectivity index (χ4n) is 2.54. The zero-order chi connectivity index (χ0) is 17.5. The molecule has 1 amide bonds. The van der Waals surface area contributed by atoms with Gasteiger partial charge in [0.25, 0.3) is 5.91 Å². The molecule has 0 saturated carbocycles. The summed E-state index contributed by atoms with van der Waals surface area (Å²) in [6.45, 7) is 2.03. The number of amides is 1. The molecule has 3 rings (SSSR count). The first-order valence-corrected chi connectivity index (χ1v) is 8.08. The van der Waals surface area contributed by atoms with E-state index >= 15 is 0 Å². The Hall–Kier alpha value is -3.10. The summed E-state index contributed by atoms with van der Waals surface area (Å²) in [4.78, 5) is 14.1. The van der Waals surface area contributed by atoms with Crippen molar-refractivity contribution in [3.63, 3.8) is 0 Å². The van der Waals surface area contributed by atoms with Gasteiger partial charge < -0.3 is 14.4 Å². The summed E-state index contributed by atoms with van der Waals surface area (Å²) in [5, 5.41) is 9.36. The van der Waals surface area contributed by atoms with Crippen LogP contribution in [0, 0.1) is 11.3 Å². The third-order valence-electron chi connectivity index (χ3n) is 3.80. The van der Waals surface area contributed by atoms with Crippen molar-refractivity contribution in [3.8, 4) is 17.6 Å². The Morgan fingerprint density at radius 1 is 1.08 bits per heavy atom. The van der Waals surface area contributed by atoms with E-state index in [1.54, 1.807) is 17.0 Å². The molecule has 1 heterocycles. The molecule has 2 aromatic rings. The highest BCUT2D eigenvalue weighted by molar-refractivity contribution is 6.01. The number of para-hydroxylation sites is 1. The van der Waals surface area contributed by atoms with E-state index in [1.807, 2.05) is 54.6 Å². The number of carbonyl (C=O) groups excluding carboxylic acids is 1. The molecular weight excluding hydrogens is 316 g/mol. The molecule has 0 aliphatic carbocycles. The molecule has 0 atom stereocenters. The average Bonchev–Trinajstić information content (AvgIpc) is 2.67. The zero-order valence-electron chi connectivity index (χ0n) is 13.7. The molecule has 0 N–H and O–H groups in total. The highest BCUT2D eigenvalue weighted by atomic mass is 16.5. The number of morpholine rings is 1. The van der Waals surface area contributed by atoms with Crippen molar-refractivity contribution in [2.75, 3.05) is 26.3 Å². The number of nitriles is 1. The van der Waals surface area contributed by atoms with Crippen molar-refractivity contribution in [2.24, 2.45) is 0 Å². The molecule has 0 spiro atoms. The quantitative estimate of drug-likeness (QED) is 0.636. The lowest BCUT2D eigenvalue weighted by Crippen LogP contribution is -2.41. The predicted molar refractivity (Wildman–Crippen MR) is 93.9 cm³/mol. The Morgan fingerprint density at radius 3 is 2.52 bits per heavy atom. The summed E-state index contributed by atoms with van der Waals surface area (Å²) < 4.78 is 11.0. The van der Waals surface area contributed by atoms with Gasteiger partial charge in [0, 0.05) is 13.1 Å². The van der Waals surface area contributed by atoms with Gasteiger partial charge >= 0.3 is 0 Å². The number of ether oxygens (including phenoxy) is 2. The fourth-order valence-corrected chi connectivity index (χ4v) is 2.54. The highest BCUT2D eigenvalue weighted by Crippen LogP contribution is 2.23. The van der Waals surface area contributed by atoms with Crippen molar-refractivity contribution in [2.45, 2.75) is 0 Å². The molecular formula is C20H18N2O3. The second-order valence-corrected chi connectivity index (χ2v) is 5.56. The summed E-state index contributed by atoms with van der Waals surface area (Å²) in [6, 6.07) is 18.8. The summed E-state index contributed by atoms with van der Waals surface area (Å²) in [7, 11) is 0. The molecule has 0 unspecified atom stereocenters. The molecule has 0 radical (unpaired) electrons. The standard InChI is InChI=1S/C20H18N2O3/c21-15-17(20(23)22-9-11-24-12-10-22)13-16-5-4-8-19(14-16)25-18-6-2-1-3-7-18/h1-8,13-14H,9-12H2. The van der Waals surface area contributed by atoms with Crippen LogP contribution in [0.25, 0.3) is 6.08 Å².